The van der Waals surface area contributed by atoms with Gasteiger partial charge in [-0.1, -0.05) is 18.2 Å². The molecule has 2 aromatic rings. The molecule has 0 heterocycles. The van der Waals surface area contributed by atoms with Gasteiger partial charge >= 0.3 is 0 Å². The molecule has 2 rings (SSSR count). The van der Waals surface area contributed by atoms with Crippen LogP contribution in [0.5, 0.6) is 5.75 Å². The monoisotopic (exact) mass is 312 g/mol. The van der Waals surface area contributed by atoms with E-state index in [1.807, 2.05) is 14.1 Å². The maximum absolute atomic E-state index is 5.96. The summed E-state index contributed by atoms with van der Waals surface area (Å²) in [5.74, 6) is 1.28. The number of ether oxygens (including phenoxy) is 1. The van der Waals surface area contributed by atoms with E-state index >= 15 is 0 Å². The summed E-state index contributed by atoms with van der Waals surface area (Å²) in [5, 5.41) is 0. The Morgan fingerprint density at radius 3 is 2.13 bits per heavy atom. The summed E-state index contributed by atoms with van der Waals surface area (Å²) in [5.41, 5.74) is 10.9. The molecule has 0 aliphatic rings. The van der Waals surface area contributed by atoms with Crippen LogP contribution in [0.1, 0.15) is 29.0 Å². The maximum atomic E-state index is 5.96. The summed E-state index contributed by atoms with van der Waals surface area (Å²) in [6.07, 6.45) is 0.921. The van der Waals surface area contributed by atoms with E-state index in [9.17, 15) is 0 Å². The van der Waals surface area contributed by atoms with Gasteiger partial charge in [0.2, 0.25) is 0 Å². The number of anilines is 1. The van der Waals surface area contributed by atoms with E-state index in [0.29, 0.717) is 19.1 Å². The molecule has 124 valence electrons. The second-order valence-corrected chi connectivity index (χ2v) is 6.38. The van der Waals surface area contributed by atoms with Crippen molar-refractivity contribution in [2.45, 2.75) is 26.2 Å². The molecule has 0 spiro atoms. The third-order valence-corrected chi connectivity index (χ3v) is 4.10. The van der Waals surface area contributed by atoms with Crippen molar-refractivity contribution in [2.24, 2.45) is 5.73 Å². The maximum Gasteiger partial charge on any atom is 0.119 e. The fourth-order valence-electron chi connectivity index (χ4n) is 2.80. The first-order chi connectivity index (χ1) is 11.0. The molecule has 0 fully saturated rings. The summed E-state index contributed by atoms with van der Waals surface area (Å²) in [6, 6.07) is 14.9. The molecular formula is C20H28N2O. The van der Waals surface area contributed by atoms with E-state index in [4.69, 9.17) is 10.5 Å². The van der Waals surface area contributed by atoms with Crippen molar-refractivity contribution in [2.75, 3.05) is 32.1 Å². The fourth-order valence-corrected chi connectivity index (χ4v) is 2.80. The van der Waals surface area contributed by atoms with Crippen molar-refractivity contribution >= 4 is 5.69 Å². The number of nitrogens with two attached hydrogens (primary N) is 1. The van der Waals surface area contributed by atoms with Crippen molar-refractivity contribution in [3.63, 3.8) is 0 Å². The number of aryl methyl sites for hydroxylation is 2. The van der Waals surface area contributed by atoms with Gasteiger partial charge in [-0.3, -0.25) is 0 Å². The highest BCUT2D eigenvalue weighted by molar-refractivity contribution is 5.46. The standard InChI is InChI=1S/C20H28N2O/c1-15-11-16(2)13-20(12-15)23-10-9-18(14-21)17-5-7-19(8-6-17)22(3)4/h5-8,11-13,18H,9-10,14,21H2,1-4H3. The Balaban J connectivity index is 1.94. The first-order valence-corrected chi connectivity index (χ1v) is 8.18. The molecule has 2 N–H and O–H groups in total. The van der Waals surface area contributed by atoms with Crippen LogP contribution in [0.2, 0.25) is 0 Å². The minimum atomic E-state index is 0.331. The van der Waals surface area contributed by atoms with Gasteiger partial charge in [-0.15, -0.1) is 0 Å². The van der Waals surface area contributed by atoms with Gasteiger partial charge in [-0.2, -0.15) is 0 Å². The molecule has 0 bridgehead atoms. The highest BCUT2D eigenvalue weighted by Crippen LogP contribution is 2.23. The second-order valence-electron chi connectivity index (χ2n) is 6.38. The number of benzene rings is 2. The van der Waals surface area contributed by atoms with E-state index in [1.54, 1.807) is 0 Å². The summed E-state index contributed by atoms with van der Waals surface area (Å²) < 4.78 is 5.92. The van der Waals surface area contributed by atoms with Crippen LogP contribution in [-0.4, -0.2) is 27.2 Å². The number of hydrogen-bond donors (Lipinski definition) is 1. The van der Waals surface area contributed by atoms with Gasteiger partial charge in [0.25, 0.3) is 0 Å². The number of rotatable bonds is 7. The van der Waals surface area contributed by atoms with Crippen molar-refractivity contribution in [1.29, 1.82) is 0 Å². The minimum Gasteiger partial charge on any atom is -0.494 e. The van der Waals surface area contributed by atoms with E-state index in [1.165, 1.54) is 22.4 Å². The van der Waals surface area contributed by atoms with Crippen molar-refractivity contribution < 1.29 is 4.74 Å². The van der Waals surface area contributed by atoms with Crippen LogP contribution >= 0.6 is 0 Å². The summed E-state index contributed by atoms with van der Waals surface area (Å²) in [4.78, 5) is 2.10. The Kier molecular flexibility index (Phi) is 6.05. The number of nitrogens with zero attached hydrogens (tertiary/aromatic N) is 1. The smallest absolute Gasteiger partial charge is 0.119 e. The summed E-state index contributed by atoms with van der Waals surface area (Å²) in [6.45, 7) is 5.50. The quantitative estimate of drug-likeness (QED) is 0.843. The largest absolute Gasteiger partial charge is 0.494 e. The third kappa shape index (κ3) is 5.00. The van der Waals surface area contributed by atoms with Gasteiger partial charge in [-0.05, 0) is 73.7 Å². The normalized spacial score (nSPS) is 12.0. The topological polar surface area (TPSA) is 38.5 Å². The highest BCUT2D eigenvalue weighted by atomic mass is 16.5. The molecular weight excluding hydrogens is 284 g/mol. The predicted molar refractivity (Wildman–Crippen MR) is 98.6 cm³/mol. The molecule has 3 heteroatoms. The van der Waals surface area contributed by atoms with Gasteiger partial charge in [0, 0.05) is 19.8 Å². The third-order valence-electron chi connectivity index (χ3n) is 4.10. The summed E-state index contributed by atoms with van der Waals surface area (Å²) >= 11 is 0. The first-order valence-electron chi connectivity index (χ1n) is 8.18. The van der Waals surface area contributed by atoms with Crippen molar-refractivity contribution in [3.8, 4) is 5.75 Å². The molecule has 0 amide bonds. The van der Waals surface area contributed by atoms with Gasteiger partial charge < -0.3 is 15.4 Å². The van der Waals surface area contributed by atoms with Gasteiger partial charge in [0.1, 0.15) is 5.75 Å². The van der Waals surface area contributed by atoms with Crippen LogP contribution in [0.15, 0.2) is 42.5 Å². The molecule has 3 nitrogen and oxygen atoms in total. The van der Waals surface area contributed by atoms with Crippen LogP contribution < -0.4 is 15.4 Å². The Hall–Kier alpha value is -2.00. The average molecular weight is 312 g/mol. The molecule has 0 radical (unpaired) electrons. The zero-order valence-corrected chi connectivity index (χ0v) is 14.7. The fraction of sp³-hybridized carbons (Fsp3) is 0.400. The molecule has 0 aromatic heterocycles. The van der Waals surface area contributed by atoms with Gasteiger partial charge in [-0.25, -0.2) is 0 Å². The predicted octanol–water partition coefficient (Wildman–Crippen LogP) is 3.88. The van der Waals surface area contributed by atoms with E-state index in [0.717, 1.165) is 12.2 Å². The number of hydrogen-bond acceptors (Lipinski definition) is 3. The molecule has 0 aliphatic heterocycles. The molecule has 23 heavy (non-hydrogen) atoms. The van der Waals surface area contributed by atoms with E-state index in [-0.39, 0.29) is 0 Å². The lowest BCUT2D eigenvalue weighted by atomic mass is 9.96. The summed E-state index contributed by atoms with van der Waals surface area (Å²) in [7, 11) is 4.10. The lowest BCUT2D eigenvalue weighted by Gasteiger charge is -2.18. The SMILES string of the molecule is Cc1cc(C)cc(OCCC(CN)c2ccc(N(C)C)cc2)c1. The van der Waals surface area contributed by atoms with Crippen molar-refractivity contribution in [1.82, 2.24) is 0 Å². The van der Waals surface area contributed by atoms with Gasteiger partial charge in [0.15, 0.2) is 0 Å². The molecule has 1 atom stereocenters. The molecule has 0 aliphatic carbocycles. The first kappa shape index (κ1) is 17.4. The van der Waals surface area contributed by atoms with Crippen LogP contribution in [0.3, 0.4) is 0 Å². The minimum absolute atomic E-state index is 0.331. The van der Waals surface area contributed by atoms with Crippen LogP contribution in [0.4, 0.5) is 5.69 Å². The van der Waals surface area contributed by atoms with Crippen LogP contribution in [0, 0.1) is 13.8 Å². The Morgan fingerprint density at radius 1 is 1.00 bits per heavy atom. The molecule has 0 saturated heterocycles. The van der Waals surface area contributed by atoms with Crippen LogP contribution in [-0.2, 0) is 0 Å². The Labute approximate surface area is 140 Å². The molecule has 1 unspecified atom stereocenters. The molecule has 2 aromatic carbocycles. The van der Waals surface area contributed by atoms with Crippen molar-refractivity contribution in [3.05, 3.63) is 59.2 Å². The Morgan fingerprint density at radius 2 is 1.61 bits per heavy atom. The van der Waals surface area contributed by atoms with E-state index in [2.05, 4.69) is 61.2 Å². The lowest BCUT2D eigenvalue weighted by molar-refractivity contribution is 0.298. The highest BCUT2D eigenvalue weighted by Gasteiger charge is 2.10. The lowest BCUT2D eigenvalue weighted by Crippen LogP contribution is -2.16. The zero-order valence-electron chi connectivity index (χ0n) is 14.7. The zero-order chi connectivity index (χ0) is 16.8. The molecule has 0 saturated carbocycles. The average Bonchev–Trinajstić information content (AvgIpc) is 2.51. The second kappa shape index (κ2) is 8.02. The van der Waals surface area contributed by atoms with Gasteiger partial charge in [0.05, 0.1) is 6.61 Å². The Bertz CT molecular complexity index is 600. The van der Waals surface area contributed by atoms with Crippen LogP contribution in [0.25, 0.3) is 0 Å². The van der Waals surface area contributed by atoms with E-state index < -0.39 is 0 Å².